The molecule has 0 atom stereocenters. The van der Waals surface area contributed by atoms with Crippen molar-refractivity contribution in [3.05, 3.63) is 46.8 Å². The number of benzene rings is 1. The van der Waals surface area contributed by atoms with E-state index in [2.05, 4.69) is 10.2 Å². The largest absolute Gasteiger partial charge is 0.410 e. The molecule has 0 spiro atoms. The van der Waals surface area contributed by atoms with Crippen molar-refractivity contribution in [2.24, 2.45) is 0 Å². The first-order valence-electron chi connectivity index (χ1n) is 6.70. The maximum Gasteiger partial charge on any atom is 0.276 e. The van der Waals surface area contributed by atoms with Crippen LogP contribution in [0.1, 0.15) is 6.42 Å². The van der Waals surface area contributed by atoms with Gasteiger partial charge in [0, 0.05) is 10.6 Å². The minimum Gasteiger partial charge on any atom is -0.410 e. The second-order valence-corrected chi connectivity index (χ2v) is 7.87. The second kappa shape index (κ2) is 8.06. The van der Waals surface area contributed by atoms with Crippen LogP contribution < -0.4 is 0 Å². The number of halogens is 1. The summed E-state index contributed by atoms with van der Waals surface area (Å²) < 4.78 is 5.64. The first-order chi connectivity index (χ1) is 10.8. The summed E-state index contributed by atoms with van der Waals surface area (Å²) in [4.78, 5) is 2.14. The minimum absolute atomic E-state index is 0.600. The third-order valence-electron chi connectivity index (χ3n) is 2.75. The lowest BCUT2D eigenvalue weighted by molar-refractivity contribution is 0.467. The molecular weight excluding hydrogens is 356 g/mol. The molecule has 0 aliphatic rings. The van der Waals surface area contributed by atoms with E-state index in [1.807, 2.05) is 41.8 Å². The topological polar surface area (TPSA) is 38.9 Å². The van der Waals surface area contributed by atoms with E-state index in [9.17, 15) is 0 Å². The summed E-state index contributed by atoms with van der Waals surface area (Å²) >= 11 is 11.1. The highest BCUT2D eigenvalue weighted by Crippen LogP contribution is 2.29. The van der Waals surface area contributed by atoms with Crippen LogP contribution in [-0.4, -0.2) is 21.7 Å². The summed E-state index contributed by atoms with van der Waals surface area (Å²) in [5, 5.41) is 11.6. The van der Waals surface area contributed by atoms with Crippen LogP contribution in [0.2, 0.25) is 5.02 Å². The van der Waals surface area contributed by atoms with Gasteiger partial charge in [-0.25, -0.2) is 0 Å². The van der Waals surface area contributed by atoms with Gasteiger partial charge in [0.1, 0.15) is 0 Å². The van der Waals surface area contributed by atoms with Gasteiger partial charge in [-0.2, -0.15) is 0 Å². The summed E-state index contributed by atoms with van der Waals surface area (Å²) in [6.45, 7) is 0. The second-order valence-electron chi connectivity index (χ2n) is 4.33. The molecule has 2 aromatic heterocycles. The molecule has 0 amide bonds. The zero-order valence-electron chi connectivity index (χ0n) is 11.6. The Balaban J connectivity index is 1.41. The van der Waals surface area contributed by atoms with Crippen LogP contribution in [0.3, 0.4) is 0 Å². The quantitative estimate of drug-likeness (QED) is 0.393. The average molecular weight is 369 g/mol. The number of nitrogens with zero attached hydrogens (tertiary/aromatic N) is 2. The summed E-state index contributed by atoms with van der Waals surface area (Å²) in [7, 11) is 0. The normalized spacial score (nSPS) is 11.0. The van der Waals surface area contributed by atoms with Crippen molar-refractivity contribution in [3.8, 4) is 10.8 Å². The van der Waals surface area contributed by atoms with E-state index in [1.165, 1.54) is 0 Å². The fourth-order valence-electron chi connectivity index (χ4n) is 1.73. The van der Waals surface area contributed by atoms with E-state index < -0.39 is 0 Å². The van der Waals surface area contributed by atoms with Gasteiger partial charge in [0.25, 0.3) is 11.1 Å². The van der Waals surface area contributed by atoms with Gasteiger partial charge in [-0.15, -0.1) is 33.3 Å². The molecule has 0 saturated heterocycles. The third-order valence-corrected chi connectivity index (χ3v) is 6.11. The molecule has 0 aliphatic heterocycles. The van der Waals surface area contributed by atoms with E-state index in [0.717, 1.165) is 32.7 Å². The molecule has 22 heavy (non-hydrogen) atoms. The zero-order valence-corrected chi connectivity index (χ0v) is 14.8. The Bertz CT molecular complexity index is 715. The molecule has 3 aromatic rings. The first kappa shape index (κ1) is 15.9. The predicted octanol–water partition coefficient (Wildman–Crippen LogP) is 5.73. The Hall–Kier alpha value is -0.950. The molecule has 7 heteroatoms. The standard InChI is InChI=1S/C15H13ClN2OS3/c16-11-5-1-2-6-12(11)20-9-4-10-22-15-18-17-14(19-15)13-7-3-8-21-13/h1-3,5-8H,4,9-10H2. The smallest absolute Gasteiger partial charge is 0.276 e. The van der Waals surface area contributed by atoms with Gasteiger partial charge in [-0.3, -0.25) is 0 Å². The van der Waals surface area contributed by atoms with E-state index in [4.69, 9.17) is 16.0 Å². The van der Waals surface area contributed by atoms with Crippen molar-refractivity contribution in [3.63, 3.8) is 0 Å². The Kier molecular flexibility index (Phi) is 5.83. The van der Waals surface area contributed by atoms with Crippen LogP contribution in [0.25, 0.3) is 10.8 Å². The van der Waals surface area contributed by atoms with Crippen molar-refractivity contribution in [2.75, 3.05) is 11.5 Å². The van der Waals surface area contributed by atoms with Gasteiger partial charge >= 0.3 is 0 Å². The van der Waals surface area contributed by atoms with E-state index in [0.29, 0.717) is 11.1 Å². The van der Waals surface area contributed by atoms with Gasteiger partial charge in [-0.05, 0) is 35.8 Å². The fraction of sp³-hybridized carbons (Fsp3) is 0.200. The van der Waals surface area contributed by atoms with Crippen molar-refractivity contribution in [1.82, 2.24) is 10.2 Å². The van der Waals surface area contributed by atoms with E-state index in [-0.39, 0.29) is 0 Å². The van der Waals surface area contributed by atoms with Crippen LogP contribution >= 0.6 is 46.5 Å². The Morgan fingerprint density at radius 2 is 1.91 bits per heavy atom. The number of rotatable bonds is 7. The number of aromatic nitrogens is 2. The molecule has 2 heterocycles. The number of hydrogen-bond acceptors (Lipinski definition) is 6. The van der Waals surface area contributed by atoms with E-state index in [1.54, 1.807) is 34.9 Å². The molecule has 3 nitrogen and oxygen atoms in total. The maximum atomic E-state index is 6.13. The number of hydrogen-bond donors (Lipinski definition) is 0. The monoisotopic (exact) mass is 368 g/mol. The van der Waals surface area contributed by atoms with Crippen LogP contribution in [0, 0.1) is 0 Å². The lowest BCUT2D eigenvalue weighted by Gasteiger charge is -2.02. The highest BCUT2D eigenvalue weighted by molar-refractivity contribution is 8.00. The summed E-state index contributed by atoms with van der Waals surface area (Å²) in [6, 6.07) is 11.9. The van der Waals surface area contributed by atoms with Crippen molar-refractivity contribution >= 4 is 46.5 Å². The molecule has 114 valence electrons. The molecular formula is C15H13ClN2OS3. The fourth-order valence-corrected chi connectivity index (χ4v) is 4.45. The lowest BCUT2D eigenvalue weighted by Crippen LogP contribution is -1.85. The molecule has 0 radical (unpaired) electrons. The minimum atomic E-state index is 0.600. The Morgan fingerprint density at radius 3 is 2.73 bits per heavy atom. The third kappa shape index (κ3) is 4.29. The number of thioether (sulfide) groups is 2. The molecule has 1 aromatic carbocycles. The van der Waals surface area contributed by atoms with Crippen LogP contribution in [-0.2, 0) is 0 Å². The average Bonchev–Trinajstić information content (AvgIpc) is 3.19. The highest BCUT2D eigenvalue weighted by atomic mass is 35.5. The summed E-state index contributed by atoms with van der Waals surface area (Å²) in [5.41, 5.74) is 0. The predicted molar refractivity (Wildman–Crippen MR) is 95.1 cm³/mol. The highest BCUT2D eigenvalue weighted by Gasteiger charge is 2.09. The number of thiophene rings is 1. The van der Waals surface area contributed by atoms with Gasteiger partial charge < -0.3 is 4.42 Å². The molecule has 0 unspecified atom stereocenters. The van der Waals surface area contributed by atoms with Crippen molar-refractivity contribution in [2.45, 2.75) is 16.5 Å². The van der Waals surface area contributed by atoms with Crippen LogP contribution in [0.5, 0.6) is 0 Å². The Labute approximate surface area is 146 Å². The van der Waals surface area contributed by atoms with Crippen molar-refractivity contribution in [1.29, 1.82) is 0 Å². The molecule has 0 aliphatic carbocycles. The Morgan fingerprint density at radius 1 is 1.05 bits per heavy atom. The molecule has 0 N–H and O–H groups in total. The van der Waals surface area contributed by atoms with Crippen molar-refractivity contribution < 1.29 is 4.42 Å². The zero-order chi connectivity index (χ0) is 15.2. The SMILES string of the molecule is Clc1ccccc1SCCCSc1nnc(-c2cccs2)o1. The summed E-state index contributed by atoms with van der Waals surface area (Å²) in [5.74, 6) is 2.56. The molecule has 0 saturated carbocycles. The van der Waals surface area contributed by atoms with Gasteiger partial charge in [0.05, 0.1) is 9.90 Å². The molecule has 0 bridgehead atoms. The molecule has 3 rings (SSSR count). The summed E-state index contributed by atoms with van der Waals surface area (Å²) in [6.07, 6.45) is 1.05. The molecule has 0 fully saturated rings. The van der Waals surface area contributed by atoms with Crippen LogP contribution in [0.15, 0.2) is 56.3 Å². The first-order valence-corrected chi connectivity index (χ1v) is 9.93. The van der Waals surface area contributed by atoms with Gasteiger partial charge in [0.2, 0.25) is 0 Å². The van der Waals surface area contributed by atoms with Gasteiger partial charge in [0.15, 0.2) is 0 Å². The van der Waals surface area contributed by atoms with Crippen LogP contribution in [0.4, 0.5) is 0 Å². The van der Waals surface area contributed by atoms with Gasteiger partial charge in [-0.1, -0.05) is 41.6 Å². The maximum absolute atomic E-state index is 6.13. The lowest BCUT2D eigenvalue weighted by atomic mass is 10.4. The van der Waals surface area contributed by atoms with E-state index >= 15 is 0 Å².